The molecule has 1 aromatic rings. The van der Waals surface area contributed by atoms with Crippen LogP contribution in [0.25, 0.3) is 0 Å². The van der Waals surface area contributed by atoms with E-state index >= 15 is 0 Å². The lowest BCUT2D eigenvalue weighted by molar-refractivity contribution is 0.111. The second-order valence-corrected chi connectivity index (χ2v) is 8.25. The SMILES string of the molecule is C[C@H]1COc2cc3c(c(C4CC4)c2N1C[C@H]1CCCO1)CCNCC3. The van der Waals surface area contributed by atoms with Gasteiger partial charge < -0.3 is 19.7 Å². The van der Waals surface area contributed by atoms with E-state index in [4.69, 9.17) is 9.47 Å². The molecule has 4 nitrogen and oxygen atoms in total. The number of anilines is 1. The molecule has 2 atom stereocenters. The van der Waals surface area contributed by atoms with Gasteiger partial charge >= 0.3 is 0 Å². The normalized spacial score (nSPS) is 28.9. The Morgan fingerprint density at radius 1 is 1.20 bits per heavy atom. The third-order valence-corrected chi connectivity index (χ3v) is 6.34. The first kappa shape index (κ1) is 16.0. The van der Waals surface area contributed by atoms with Crippen molar-refractivity contribution in [3.05, 3.63) is 22.8 Å². The first-order chi connectivity index (χ1) is 12.3. The lowest BCUT2D eigenvalue weighted by Crippen LogP contribution is -2.45. The highest BCUT2D eigenvalue weighted by Gasteiger charge is 2.38. The van der Waals surface area contributed by atoms with Gasteiger partial charge in [-0.25, -0.2) is 0 Å². The van der Waals surface area contributed by atoms with Gasteiger partial charge in [-0.1, -0.05) is 0 Å². The first-order valence-corrected chi connectivity index (χ1v) is 10.2. The van der Waals surface area contributed by atoms with Crippen molar-refractivity contribution in [1.82, 2.24) is 5.32 Å². The topological polar surface area (TPSA) is 33.7 Å². The summed E-state index contributed by atoms with van der Waals surface area (Å²) in [6, 6.07) is 2.79. The van der Waals surface area contributed by atoms with Crippen molar-refractivity contribution in [2.45, 2.75) is 63.5 Å². The number of nitrogens with zero attached hydrogens (tertiary/aromatic N) is 1. The average molecular weight is 342 g/mol. The Kier molecular flexibility index (Phi) is 4.13. The van der Waals surface area contributed by atoms with Gasteiger partial charge in [-0.15, -0.1) is 0 Å². The Labute approximate surface area is 150 Å². The largest absolute Gasteiger partial charge is 0.489 e. The van der Waals surface area contributed by atoms with Gasteiger partial charge in [0.2, 0.25) is 0 Å². The van der Waals surface area contributed by atoms with Gasteiger partial charge in [0.1, 0.15) is 12.4 Å². The van der Waals surface area contributed by atoms with E-state index in [9.17, 15) is 0 Å². The molecule has 0 radical (unpaired) electrons. The monoisotopic (exact) mass is 342 g/mol. The number of hydrogen-bond donors (Lipinski definition) is 1. The van der Waals surface area contributed by atoms with E-state index < -0.39 is 0 Å². The molecule has 1 N–H and O–H groups in total. The van der Waals surface area contributed by atoms with E-state index in [2.05, 4.69) is 23.2 Å². The summed E-state index contributed by atoms with van der Waals surface area (Å²) in [5, 5.41) is 3.58. The number of hydrogen-bond acceptors (Lipinski definition) is 4. The van der Waals surface area contributed by atoms with Crippen molar-refractivity contribution in [2.24, 2.45) is 0 Å². The summed E-state index contributed by atoms with van der Waals surface area (Å²) in [4.78, 5) is 2.63. The summed E-state index contributed by atoms with van der Waals surface area (Å²) in [6.45, 7) is 7.25. The van der Waals surface area contributed by atoms with Gasteiger partial charge in [0.15, 0.2) is 0 Å². The molecule has 1 aromatic carbocycles. The van der Waals surface area contributed by atoms with Crippen LogP contribution in [0.4, 0.5) is 5.69 Å². The lowest BCUT2D eigenvalue weighted by Gasteiger charge is -2.40. The molecule has 3 aliphatic heterocycles. The predicted molar refractivity (Wildman–Crippen MR) is 100.0 cm³/mol. The molecule has 1 aliphatic carbocycles. The molecule has 1 saturated heterocycles. The van der Waals surface area contributed by atoms with Gasteiger partial charge in [0.25, 0.3) is 0 Å². The van der Waals surface area contributed by atoms with E-state index in [1.165, 1.54) is 36.9 Å². The molecule has 0 aromatic heterocycles. The minimum Gasteiger partial charge on any atom is -0.489 e. The fraction of sp³-hybridized carbons (Fsp3) is 0.714. The van der Waals surface area contributed by atoms with Crippen molar-refractivity contribution < 1.29 is 9.47 Å². The predicted octanol–water partition coefficient (Wildman–Crippen LogP) is 3.02. The maximum Gasteiger partial charge on any atom is 0.143 e. The van der Waals surface area contributed by atoms with Crippen molar-refractivity contribution in [1.29, 1.82) is 0 Å². The number of ether oxygens (including phenoxy) is 2. The van der Waals surface area contributed by atoms with Crippen LogP contribution in [-0.4, -0.2) is 45.0 Å². The summed E-state index contributed by atoms with van der Waals surface area (Å²) in [7, 11) is 0. The van der Waals surface area contributed by atoms with Gasteiger partial charge in [-0.2, -0.15) is 0 Å². The molecule has 2 fully saturated rings. The summed E-state index contributed by atoms with van der Waals surface area (Å²) in [5.74, 6) is 1.89. The van der Waals surface area contributed by atoms with Gasteiger partial charge in [0.05, 0.1) is 17.8 Å². The van der Waals surface area contributed by atoms with Crippen molar-refractivity contribution in [3.8, 4) is 5.75 Å². The molecular formula is C21H30N2O2. The van der Waals surface area contributed by atoms with Crippen LogP contribution in [0.1, 0.15) is 55.2 Å². The van der Waals surface area contributed by atoms with Crippen molar-refractivity contribution >= 4 is 5.69 Å². The van der Waals surface area contributed by atoms with Gasteiger partial charge in [-0.05, 0) is 87.2 Å². The van der Waals surface area contributed by atoms with Gasteiger partial charge in [-0.3, -0.25) is 0 Å². The Balaban J connectivity index is 1.59. The average Bonchev–Trinajstić information content (AvgIpc) is 3.37. The van der Waals surface area contributed by atoms with Crippen molar-refractivity contribution in [2.75, 3.05) is 37.7 Å². The molecule has 0 spiro atoms. The standard InChI is InChI=1S/C21H30N2O2/c1-14-13-25-19-11-16-6-8-22-9-7-18(16)20(15-4-5-15)21(19)23(14)12-17-3-2-10-24-17/h11,14-15,17,22H,2-10,12-13H2,1H3/t14-,17+/m0/s1. The fourth-order valence-corrected chi connectivity index (χ4v) is 4.86. The molecular weight excluding hydrogens is 312 g/mol. The van der Waals surface area contributed by atoms with Crippen LogP contribution in [0.5, 0.6) is 5.75 Å². The molecule has 4 heteroatoms. The van der Waals surface area contributed by atoms with Crippen LogP contribution in [0.15, 0.2) is 6.07 Å². The highest BCUT2D eigenvalue weighted by atomic mass is 16.5. The summed E-state index contributed by atoms with van der Waals surface area (Å²) in [5.41, 5.74) is 6.19. The zero-order valence-corrected chi connectivity index (χ0v) is 15.4. The number of rotatable bonds is 3. The molecule has 1 saturated carbocycles. The Hall–Kier alpha value is -1.26. The summed E-state index contributed by atoms with van der Waals surface area (Å²) in [6.07, 6.45) is 7.79. The van der Waals surface area contributed by atoms with E-state index in [0.29, 0.717) is 12.1 Å². The van der Waals surface area contributed by atoms with Crippen molar-refractivity contribution in [3.63, 3.8) is 0 Å². The molecule has 3 heterocycles. The molecule has 0 amide bonds. The number of nitrogens with one attached hydrogen (secondary N) is 1. The van der Waals surface area contributed by atoms with E-state index in [1.807, 2.05) is 0 Å². The van der Waals surface area contributed by atoms with E-state index in [-0.39, 0.29) is 0 Å². The quantitative estimate of drug-likeness (QED) is 0.915. The van der Waals surface area contributed by atoms with E-state index in [0.717, 1.165) is 57.4 Å². The van der Waals surface area contributed by atoms with Crippen LogP contribution in [0, 0.1) is 0 Å². The number of fused-ring (bicyclic) bond motifs is 2. The molecule has 0 unspecified atom stereocenters. The van der Waals surface area contributed by atoms with Gasteiger partial charge in [0, 0.05) is 13.2 Å². The molecule has 25 heavy (non-hydrogen) atoms. The van der Waals surface area contributed by atoms with Crippen LogP contribution < -0.4 is 15.0 Å². The zero-order chi connectivity index (χ0) is 16.8. The Morgan fingerprint density at radius 2 is 2.08 bits per heavy atom. The second kappa shape index (κ2) is 6.48. The van der Waals surface area contributed by atoms with E-state index in [1.54, 1.807) is 11.1 Å². The Bertz CT molecular complexity index is 650. The third-order valence-electron chi connectivity index (χ3n) is 6.34. The first-order valence-electron chi connectivity index (χ1n) is 10.2. The molecule has 0 bridgehead atoms. The molecule has 4 aliphatic rings. The lowest BCUT2D eigenvalue weighted by atomic mass is 9.90. The highest BCUT2D eigenvalue weighted by Crippen LogP contribution is 2.52. The van der Waals surface area contributed by atoms with Crippen LogP contribution in [-0.2, 0) is 17.6 Å². The maximum absolute atomic E-state index is 6.25. The zero-order valence-electron chi connectivity index (χ0n) is 15.4. The molecule has 5 rings (SSSR count). The van der Waals surface area contributed by atoms with Crippen LogP contribution >= 0.6 is 0 Å². The second-order valence-electron chi connectivity index (χ2n) is 8.25. The highest BCUT2D eigenvalue weighted by molar-refractivity contribution is 5.72. The van der Waals surface area contributed by atoms with Crippen LogP contribution in [0.3, 0.4) is 0 Å². The summed E-state index contributed by atoms with van der Waals surface area (Å²) < 4.78 is 12.2. The third kappa shape index (κ3) is 2.93. The minimum atomic E-state index is 0.390. The Morgan fingerprint density at radius 3 is 2.88 bits per heavy atom. The van der Waals surface area contributed by atoms with Crippen LogP contribution in [0.2, 0.25) is 0 Å². The number of benzene rings is 1. The molecule has 136 valence electrons. The smallest absolute Gasteiger partial charge is 0.143 e. The minimum absolute atomic E-state index is 0.390. The summed E-state index contributed by atoms with van der Waals surface area (Å²) >= 11 is 0. The maximum atomic E-state index is 6.25. The fourth-order valence-electron chi connectivity index (χ4n) is 4.86.